The molecule has 3 unspecified atom stereocenters. The van der Waals surface area contributed by atoms with Crippen molar-refractivity contribution in [3.8, 4) is 5.75 Å². The summed E-state index contributed by atoms with van der Waals surface area (Å²) in [5.41, 5.74) is 0.291. The zero-order valence-corrected chi connectivity index (χ0v) is 20.9. The molecule has 36 heavy (non-hydrogen) atoms. The minimum absolute atomic E-state index is 0.160. The number of amides is 3. The summed E-state index contributed by atoms with van der Waals surface area (Å²) in [5.74, 6) is -6.95. The number of likely N-dealkylation sites (tertiary alicyclic amines) is 1. The number of nitrogens with one attached hydrogen (secondary N) is 2. The summed E-state index contributed by atoms with van der Waals surface area (Å²) in [6.07, 6.45) is -4.82. The number of carbonyl (C=O) groups is 3. The van der Waals surface area contributed by atoms with Gasteiger partial charge in [-0.2, -0.15) is 13.2 Å². The van der Waals surface area contributed by atoms with E-state index in [1.165, 1.54) is 38.0 Å². The fourth-order valence-corrected chi connectivity index (χ4v) is 4.12. The lowest BCUT2D eigenvalue weighted by Crippen LogP contribution is -2.65. The highest BCUT2D eigenvalue weighted by Crippen LogP contribution is 2.34. The van der Waals surface area contributed by atoms with Crippen molar-refractivity contribution in [2.75, 3.05) is 13.7 Å². The second kappa shape index (κ2) is 11.5. The van der Waals surface area contributed by atoms with Crippen LogP contribution in [0.15, 0.2) is 24.3 Å². The monoisotopic (exact) mass is 517 g/mol. The average molecular weight is 518 g/mol. The van der Waals surface area contributed by atoms with Gasteiger partial charge in [0.25, 0.3) is 11.7 Å². The second-order valence-electron chi connectivity index (χ2n) is 9.57. The molecule has 1 fully saturated rings. The molecule has 1 aliphatic heterocycles. The van der Waals surface area contributed by atoms with Gasteiger partial charge in [0.05, 0.1) is 13.2 Å². The number of nitrogens with zero attached hydrogens (tertiary/aromatic N) is 1. The number of methoxy groups -OCH3 is 1. The first-order valence-corrected chi connectivity index (χ1v) is 11.7. The van der Waals surface area contributed by atoms with Gasteiger partial charge in [-0.05, 0) is 48.9 Å². The van der Waals surface area contributed by atoms with Gasteiger partial charge < -0.3 is 30.5 Å². The Balaban J connectivity index is 2.20. The molecule has 202 valence electrons. The van der Waals surface area contributed by atoms with E-state index < -0.39 is 53.7 Å². The molecule has 0 aliphatic carbocycles. The van der Waals surface area contributed by atoms with Crippen molar-refractivity contribution < 1.29 is 42.5 Å². The molecule has 1 heterocycles. The summed E-state index contributed by atoms with van der Waals surface area (Å²) in [4.78, 5) is 40.3. The van der Waals surface area contributed by atoms with Crippen LogP contribution in [0.5, 0.6) is 5.75 Å². The molecule has 1 aliphatic rings. The molecular weight excluding hydrogens is 483 g/mol. The molecule has 4 N–H and O–H groups in total. The van der Waals surface area contributed by atoms with E-state index in [-0.39, 0.29) is 18.9 Å². The molecule has 2 rings (SSSR count). The van der Waals surface area contributed by atoms with E-state index in [2.05, 4.69) is 10.6 Å². The van der Waals surface area contributed by atoms with Gasteiger partial charge >= 0.3 is 6.18 Å². The van der Waals surface area contributed by atoms with E-state index in [1.807, 2.05) is 0 Å². The number of alkyl halides is 3. The maximum absolute atomic E-state index is 13.4. The highest BCUT2D eigenvalue weighted by atomic mass is 19.4. The SMILES string of the molecule is COc1ccc(C(=O)NC(C(=O)N2CCCC2C(=O)NC(C(C)C)C(O)(O)C(F)(F)F)C(C)C)cc1. The van der Waals surface area contributed by atoms with Gasteiger partial charge in [-0.25, -0.2) is 0 Å². The largest absolute Gasteiger partial charge is 0.497 e. The normalized spacial score (nSPS) is 18.2. The fraction of sp³-hybridized carbons (Fsp3) is 0.625. The molecule has 0 saturated carbocycles. The Bertz CT molecular complexity index is 934. The summed E-state index contributed by atoms with van der Waals surface area (Å²) < 4.78 is 44.7. The first-order chi connectivity index (χ1) is 16.6. The van der Waals surface area contributed by atoms with Gasteiger partial charge in [0.2, 0.25) is 11.8 Å². The Morgan fingerprint density at radius 2 is 1.61 bits per heavy atom. The highest BCUT2D eigenvalue weighted by Gasteiger charge is 2.59. The maximum Gasteiger partial charge on any atom is 0.445 e. The first kappa shape index (κ1) is 29.4. The predicted octanol–water partition coefficient (Wildman–Crippen LogP) is 1.82. The number of ether oxygens (including phenoxy) is 1. The number of benzene rings is 1. The molecule has 3 amide bonds. The lowest BCUT2D eigenvalue weighted by molar-refractivity contribution is -0.362. The molecule has 12 heteroatoms. The summed E-state index contributed by atoms with van der Waals surface area (Å²) in [6, 6.07) is 2.07. The van der Waals surface area contributed by atoms with Gasteiger partial charge in [0.15, 0.2) is 0 Å². The summed E-state index contributed by atoms with van der Waals surface area (Å²) in [7, 11) is 1.48. The van der Waals surface area contributed by atoms with Crippen LogP contribution in [0.25, 0.3) is 0 Å². The number of halogens is 3. The van der Waals surface area contributed by atoms with Crippen molar-refractivity contribution in [1.82, 2.24) is 15.5 Å². The van der Waals surface area contributed by atoms with Crippen molar-refractivity contribution in [3.05, 3.63) is 29.8 Å². The predicted molar refractivity (Wildman–Crippen MR) is 124 cm³/mol. The maximum atomic E-state index is 13.4. The van der Waals surface area contributed by atoms with Crippen LogP contribution in [-0.2, 0) is 9.59 Å². The smallest absolute Gasteiger partial charge is 0.445 e. The quantitative estimate of drug-likeness (QED) is 0.370. The molecule has 0 aromatic heterocycles. The van der Waals surface area contributed by atoms with E-state index >= 15 is 0 Å². The van der Waals surface area contributed by atoms with Crippen LogP contribution in [-0.4, -0.2) is 76.6 Å². The summed E-state index contributed by atoms with van der Waals surface area (Å²) >= 11 is 0. The summed E-state index contributed by atoms with van der Waals surface area (Å²) in [5, 5.41) is 24.2. The van der Waals surface area contributed by atoms with E-state index in [1.54, 1.807) is 26.0 Å². The van der Waals surface area contributed by atoms with E-state index in [0.29, 0.717) is 17.7 Å². The number of hydrogen-bond donors (Lipinski definition) is 4. The van der Waals surface area contributed by atoms with Gasteiger partial charge in [-0.3, -0.25) is 14.4 Å². The third kappa shape index (κ3) is 6.47. The van der Waals surface area contributed by atoms with Crippen molar-refractivity contribution in [2.45, 2.75) is 70.6 Å². The van der Waals surface area contributed by atoms with Crippen LogP contribution < -0.4 is 15.4 Å². The molecule has 1 saturated heterocycles. The van der Waals surface area contributed by atoms with Gasteiger partial charge in [0.1, 0.15) is 17.8 Å². The summed E-state index contributed by atoms with van der Waals surface area (Å²) in [6.45, 7) is 6.20. The van der Waals surface area contributed by atoms with Gasteiger partial charge in [-0.1, -0.05) is 27.7 Å². The van der Waals surface area contributed by atoms with Crippen LogP contribution in [0, 0.1) is 11.8 Å². The second-order valence-corrected chi connectivity index (χ2v) is 9.57. The van der Waals surface area contributed by atoms with E-state index in [4.69, 9.17) is 4.74 Å². The highest BCUT2D eigenvalue weighted by molar-refractivity contribution is 5.98. The Morgan fingerprint density at radius 3 is 2.08 bits per heavy atom. The van der Waals surface area contributed by atoms with Crippen LogP contribution in [0.1, 0.15) is 50.9 Å². The van der Waals surface area contributed by atoms with Crippen LogP contribution in [0.4, 0.5) is 13.2 Å². The number of hydrogen-bond acceptors (Lipinski definition) is 6. The van der Waals surface area contributed by atoms with Crippen LogP contribution >= 0.6 is 0 Å². The van der Waals surface area contributed by atoms with E-state index in [9.17, 15) is 37.8 Å². The molecule has 3 atom stereocenters. The molecule has 1 aromatic rings. The van der Waals surface area contributed by atoms with E-state index in [0.717, 1.165) is 0 Å². The zero-order valence-electron chi connectivity index (χ0n) is 20.9. The Morgan fingerprint density at radius 1 is 1.03 bits per heavy atom. The number of carbonyl (C=O) groups excluding carboxylic acids is 3. The molecule has 9 nitrogen and oxygen atoms in total. The van der Waals surface area contributed by atoms with Gasteiger partial charge in [0, 0.05) is 12.1 Å². The van der Waals surface area contributed by atoms with Gasteiger partial charge in [-0.15, -0.1) is 0 Å². The minimum atomic E-state index is -5.41. The van der Waals surface area contributed by atoms with Crippen LogP contribution in [0.2, 0.25) is 0 Å². The fourth-order valence-electron chi connectivity index (χ4n) is 4.12. The molecular formula is C24H34F3N3O6. The Kier molecular flexibility index (Phi) is 9.35. The molecule has 0 bridgehead atoms. The standard InChI is InChI=1S/C24H34F3N3O6/c1-13(2)18(28-20(31)15-8-10-16(36-5)11-9-15)22(33)30-12-6-7-17(30)21(32)29-19(14(3)4)23(34,35)24(25,26)27/h8-11,13-14,17-19,34-35H,6-7,12H2,1-5H3,(H,28,31)(H,29,32). The van der Waals surface area contributed by atoms with Crippen LogP contribution in [0.3, 0.4) is 0 Å². The third-order valence-corrected chi connectivity index (χ3v) is 6.23. The van der Waals surface area contributed by atoms with Crippen molar-refractivity contribution >= 4 is 17.7 Å². The molecule has 1 aromatic carbocycles. The minimum Gasteiger partial charge on any atom is -0.497 e. The number of rotatable bonds is 9. The Labute approximate surface area is 208 Å². The Hall–Kier alpha value is -2.86. The lowest BCUT2D eigenvalue weighted by atomic mass is 9.94. The molecule has 0 radical (unpaired) electrons. The van der Waals surface area contributed by atoms with Crippen molar-refractivity contribution in [1.29, 1.82) is 0 Å². The third-order valence-electron chi connectivity index (χ3n) is 6.23. The molecule has 0 spiro atoms. The first-order valence-electron chi connectivity index (χ1n) is 11.7. The number of aliphatic hydroxyl groups is 2. The zero-order chi connectivity index (χ0) is 27.4. The van der Waals surface area contributed by atoms with Crippen molar-refractivity contribution in [3.63, 3.8) is 0 Å². The van der Waals surface area contributed by atoms with Crippen molar-refractivity contribution in [2.24, 2.45) is 11.8 Å². The average Bonchev–Trinajstić information content (AvgIpc) is 3.29. The lowest BCUT2D eigenvalue weighted by Gasteiger charge is -2.37. The topological polar surface area (TPSA) is 128 Å².